The lowest BCUT2D eigenvalue weighted by molar-refractivity contribution is -0.145. The molecule has 3 atom stereocenters. The maximum atomic E-state index is 12.0. The summed E-state index contributed by atoms with van der Waals surface area (Å²) < 4.78 is 5.94. The maximum Gasteiger partial charge on any atom is 0.324 e. The topological polar surface area (TPSA) is 110 Å². The highest BCUT2D eigenvalue weighted by atomic mass is 16.5. The lowest BCUT2D eigenvalue weighted by Gasteiger charge is -2.34. The number of aliphatic carboxylic acids is 2. The molecule has 4 N–H and O–H groups in total. The van der Waals surface area contributed by atoms with Crippen LogP contribution in [0.25, 0.3) is 0 Å². The van der Waals surface area contributed by atoms with Gasteiger partial charge in [0, 0.05) is 23.0 Å². The standard InChI is InChI=1S/C20H19NO5/c21-20(19(24)25,15-9-13(15)18(22)23)10-14-11-5-1-3-7-16(11)26-17-8-4-2-6-12(14)17/h1-8,13-15H,9-10,21H2,(H,22,23)(H,24,25)/t13?,15?,20-/m1/s1. The Labute approximate surface area is 150 Å². The molecule has 26 heavy (non-hydrogen) atoms. The molecule has 0 radical (unpaired) electrons. The summed E-state index contributed by atoms with van der Waals surface area (Å²) in [6.45, 7) is 0. The van der Waals surface area contributed by atoms with Crippen LogP contribution in [0.15, 0.2) is 48.5 Å². The molecule has 6 heteroatoms. The van der Waals surface area contributed by atoms with E-state index in [1.807, 2.05) is 48.5 Å². The zero-order chi connectivity index (χ0) is 18.5. The highest BCUT2D eigenvalue weighted by Crippen LogP contribution is 2.53. The van der Waals surface area contributed by atoms with Gasteiger partial charge in [-0.1, -0.05) is 36.4 Å². The zero-order valence-corrected chi connectivity index (χ0v) is 14.0. The molecule has 1 saturated carbocycles. The number of hydrogen-bond acceptors (Lipinski definition) is 4. The summed E-state index contributed by atoms with van der Waals surface area (Å²) in [5.74, 6) is -2.33. The summed E-state index contributed by atoms with van der Waals surface area (Å²) in [6.07, 6.45) is 0.415. The van der Waals surface area contributed by atoms with Crippen LogP contribution in [0.2, 0.25) is 0 Å². The summed E-state index contributed by atoms with van der Waals surface area (Å²) >= 11 is 0. The first-order valence-corrected chi connectivity index (χ1v) is 8.52. The van der Waals surface area contributed by atoms with Crippen molar-refractivity contribution in [3.63, 3.8) is 0 Å². The van der Waals surface area contributed by atoms with Gasteiger partial charge in [0.15, 0.2) is 0 Å². The van der Waals surface area contributed by atoms with Crippen molar-refractivity contribution in [1.82, 2.24) is 0 Å². The molecule has 134 valence electrons. The number of nitrogens with two attached hydrogens (primary N) is 1. The predicted octanol–water partition coefficient (Wildman–Crippen LogP) is 2.82. The normalized spacial score (nSPS) is 23.1. The minimum Gasteiger partial charge on any atom is -0.481 e. The van der Waals surface area contributed by atoms with Crippen molar-refractivity contribution in [3.05, 3.63) is 59.7 Å². The SMILES string of the molecule is N[C@@](CC1c2ccccc2Oc2ccccc21)(C(=O)O)C1CC1C(=O)O. The number of carboxylic acid groups (broad SMARTS) is 2. The Kier molecular flexibility index (Phi) is 3.73. The minimum atomic E-state index is -1.61. The molecule has 0 spiro atoms. The number of ether oxygens (including phenoxy) is 1. The molecular weight excluding hydrogens is 334 g/mol. The van der Waals surface area contributed by atoms with Crippen molar-refractivity contribution in [1.29, 1.82) is 0 Å². The molecule has 2 unspecified atom stereocenters. The van der Waals surface area contributed by atoms with Crippen molar-refractivity contribution >= 4 is 11.9 Å². The van der Waals surface area contributed by atoms with E-state index in [1.165, 1.54) is 0 Å². The van der Waals surface area contributed by atoms with Crippen LogP contribution in [-0.2, 0) is 9.59 Å². The number of rotatable bonds is 5. The fourth-order valence-electron chi connectivity index (χ4n) is 4.00. The Bertz CT molecular complexity index is 850. The number of benzene rings is 2. The highest BCUT2D eigenvalue weighted by molar-refractivity contribution is 5.83. The van der Waals surface area contributed by atoms with E-state index < -0.39 is 29.3 Å². The molecule has 6 nitrogen and oxygen atoms in total. The first-order valence-electron chi connectivity index (χ1n) is 8.52. The molecule has 2 aromatic carbocycles. The molecule has 1 fully saturated rings. The van der Waals surface area contributed by atoms with Crippen LogP contribution in [0.1, 0.15) is 29.9 Å². The Morgan fingerprint density at radius 3 is 2.04 bits per heavy atom. The van der Waals surface area contributed by atoms with Crippen LogP contribution in [0.5, 0.6) is 11.5 Å². The summed E-state index contributed by atoms with van der Waals surface area (Å²) in [7, 11) is 0. The number of carbonyl (C=O) groups is 2. The van der Waals surface area contributed by atoms with Crippen LogP contribution >= 0.6 is 0 Å². The molecule has 0 bridgehead atoms. The van der Waals surface area contributed by atoms with Crippen molar-refractivity contribution < 1.29 is 24.5 Å². The molecule has 4 rings (SSSR count). The Balaban J connectivity index is 1.75. The predicted molar refractivity (Wildman–Crippen MR) is 93.2 cm³/mol. The molecule has 0 saturated heterocycles. The minimum absolute atomic E-state index is 0.119. The second kappa shape index (κ2) is 5.85. The van der Waals surface area contributed by atoms with Gasteiger partial charge in [-0.05, 0) is 25.0 Å². The molecule has 2 aromatic rings. The van der Waals surface area contributed by atoms with E-state index in [9.17, 15) is 19.8 Å². The van der Waals surface area contributed by atoms with Crippen LogP contribution < -0.4 is 10.5 Å². The molecule has 2 aliphatic rings. The first-order chi connectivity index (χ1) is 12.4. The number of para-hydroxylation sites is 2. The van der Waals surface area contributed by atoms with Crippen LogP contribution in [0.3, 0.4) is 0 Å². The van der Waals surface area contributed by atoms with Gasteiger partial charge in [0.05, 0.1) is 5.92 Å². The third-order valence-electron chi connectivity index (χ3n) is 5.52. The molecule has 1 aliphatic heterocycles. The van der Waals surface area contributed by atoms with E-state index in [4.69, 9.17) is 10.5 Å². The molecule has 0 amide bonds. The van der Waals surface area contributed by atoms with Crippen molar-refractivity contribution in [2.75, 3.05) is 0 Å². The summed E-state index contributed by atoms with van der Waals surface area (Å²) in [5, 5.41) is 19.0. The third-order valence-corrected chi connectivity index (χ3v) is 5.52. The average Bonchev–Trinajstić information content (AvgIpc) is 3.43. The molecule has 0 aromatic heterocycles. The van der Waals surface area contributed by atoms with Gasteiger partial charge < -0.3 is 20.7 Å². The molecular formula is C20H19NO5. The van der Waals surface area contributed by atoms with E-state index in [1.54, 1.807) is 0 Å². The van der Waals surface area contributed by atoms with Gasteiger partial charge in [0.1, 0.15) is 17.0 Å². The lowest BCUT2D eigenvalue weighted by Crippen LogP contribution is -2.52. The van der Waals surface area contributed by atoms with Gasteiger partial charge in [0.2, 0.25) is 0 Å². The van der Waals surface area contributed by atoms with Gasteiger partial charge in [0.25, 0.3) is 0 Å². The zero-order valence-electron chi connectivity index (χ0n) is 14.0. The van der Waals surface area contributed by atoms with Crippen LogP contribution in [0.4, 0.5) is 0 Å². The van der Waals surface area contributed by atoms with E-state index in [-0.39, 0.29) is 12.3 Å². The third kappa shape index (κ3) is 2.54. The monoisotopic (exact) mass is 353 g/mol. The van der Waals surface area contributed by atoms with E-state index in [2.05, 4.69) is 0 Å². The number of hydrogen-bond donors (Lipinski definition) is 3. The smallest absolute Gasteiger partial charge is 0.324 e. The van der Waals surface area contributed by atoms with Crippen LogP contribution in [-0.4, -0.2) is 27.7 Å². The Morgan fingerprint density at radius 2 is 1.58 bits per heavy atom. The Hall–Kier alpha value is -2.86. The average molecular weight is 353 g/mol. The van der Waals surface area contributed by atoms with E-state index >= 15 is 0 Å². The fraction of sp³-hybridized carbons (Fsp3) is 0.300. The van der Waals surface area contributed by atoms with Gasteiger partial charge in [-0.3, -0.25) is 9.59 Å². The molecule has 1 heterocycles. The quantitative estimate of drug-likeness (QED) is 0.762. The lowest BCUT2D eigenvalue weighted by atomic mass is 9.76. The fourth-order valence-corrected chi connectivity index (χ4v) is 4.00. The Morgan fingerprint density at radius 1 is 1.04 bits per heavy atom. The van der Waals surface area contributed by atoms with Crippen molar-refractivity contribution in [2.24, 2.45) is 17.6 Å². The molecule has 1 aliphatic carbocycles. The second-order valence-corrected chi connectivity index (χ2v) is 7.07. The van der Waals surface area contributed by atoms with Gasteiger partial charge in [-0.25, -0.2) is 0 Å². The highest BCUT2D eigenvalue weighted by Gasteiger charge is 2.59. The summed E-state index contributed by atoms with van der Waals surface area (Å²) in [6, 6.07) is 15.0. The number of carboxylic acids is 2. The van der Waals surface area contributed by atoms with Crippen molar-refractivity contribution in [2.45, 2.75) is 24.3 Å². The summed E-state index contributed by atoms with van der Waals surface area (Å²) in [4.78, 5) is 23.3. The summed E-state index contributed by atoms with van der Waals surface area (Å²) in [5.41, 5.74) is 6.45. The van der Waals surface area contributed by atoms with Gasteiger partial charge in [-0.15, -0.1) is 0 Å². The van der Waals surface area contributed by atoms with E-state index in [0.717, 1.165) is 11.1 Å². The van der Waals surface area contributed by atoms with Gasteiger partial charge in [-0.2, -0.15) is 0 Å². The van der Waals surface area contributed by atoms with Crippen molar-refractivity contribution in [3.8, 4) is 11.5 Å². The van der Waals surface area contributed by atoms with Gasteiger partial charge >= 0.3 is 11.9 Å². The van der Waals surface area contributed by atoms with Crippen LogP contribution in [0, 0.1) is 11.8 Å². The largest absolute Gasteiger partial charge is 0.481 e. The first kappa shape index (κ1) is 16.6. The second-order valence-electron chi connectivity index (χ2n) is 7.07. The maximum absolute atomic E-state index is 12.0. The van der Waals surface area contributed by atoms with E-state index in [0.29, 0.717) is 17.9 Å². The number of fused-ring (bicyclic) bond motifs is 2.